The van der Waals surface area contributed by atoms with E-state index in [1.165, 1.54) is 0 Å². The molecule has 2 fully saturated rings. The van der Waals surface area contributed by atoms with Crippen LogP contribution in [0.25, 0.3) is 0 Å². The molecule has 1 atom stereocenters. The minimum atomic E-state index is -1.14. The van der Waals surface area contributed by atoms with Crippen molar-refractivity contribution in [2.75, 3.05) is 0 Å². The van der Waals surface area contributed by atoms with Crippen molar-refractivity contribution >= 4 is 23.3 Å². The van der Waals surface area contributed by atoms with Gasteiger partial charge in [0.15, 0.2) is 0 Å². The van der Waals surface area contributed by atoms with Gasteiger partial charge in [0.2, 0.25) is 0 Å². The summed E-state index contributed by atoms with van der Waals surface area (Å²) in [5, 5.41) is 16.3. The van der Waals surface area contributed by atoms with Gasteiger partial charge in [0, 0.05) is 12.6 Å². The Bertz CT molecular complexity index is 537. The van der Waals surface area contributed by atoms with Crippen molar-refractivity contribution in [1.29, 1.82) is 0 Å². The van der Waals surface area contributed by atoms with E-state index < -0.39 is 11.5 Å². The van der Waals surface area contributed by atoms with Crippen LogP contribution in [-0.4, -0.2) is 33.6 Å². The molecule has 0 saturated heterocycles. The molecular weight excluding hydrogens is 288 g/mol. The van der Waals surface area contributed by atoms with Crippen LogP contribution in [0.2, 0.25) is 0 Å². The van der Waals surface area contributed by atoms with E-state index in [-0.39, 0.29) is 18.0 Å². The molecule has 1 heterocycles. The van der Waals surface area contributed by atoms with Crippen LogP contribution in [-0.2, 0) is 11.3 Å². The first kappa shape index (κ1) is 14.4. The fourth-order valence-electron chi connectivity index (χ4n) is 2.62. The summed E-state index contributed by atoms with van der Waals surface area (Å²) in [6.07, 6.45) is 3.75. The maximum absolute atomic E-state index is 12.6. The summed E-state index contributed by atoms with van der Waals surface area (Å²) in [7, 11) is 0. The van der Waals surface area contributed by atoms with Crippen molar-refractivity contribution in [3.8, 4) is 0 Å². The predicted molar refractivity (Wildman–Crippen MR) is 80.2 cm³/mol. The predicted octanol–water partition coefficient (Wildman–Crippen LogP) is 2.68. The maximum atomic E-state index is 12.6. The van der Waals surface area contributed by atoms with E-state index in [1.54, 1.807) is 23.2 Å². The van der Waals surface area contributed by atoms with Gasteiger partial charge >= 0.3 is 12.0 Å². The van der Waals surface area contributed by atoms with Crippen molar-refractivity contribution in [3.63, 3.8) is 0 Å². The Labute approximate surface area is 128 Å². The van der Waals surface area contributed by atoms with Gasteiger partial charge in [0.25, 0.3) is 0 Å². The Hall–Kier alpha value is -1.56. The lowest BCUT2D eigenvalue weighted by Gasteiger charge is -2.31. The number of urea groups is 1. The quantitative estimate of drug-likeness (QED) is 0.849. The number of nitrogens with one attached hydrogen (secondary N) is 1. The molecule has 3 rings (SSSR count). The maximum Gasteiger partial charge on any atom is 0.329 e. The van der Waals surface area contributed by atoms with Crippen molar-refractivity contribution in [2.45, 2.75) is 50.7 Å². The van der Waals surface area contributed by atoms with E-state index in [2.05, 4.69) is 5.32 Å². The summed E-state index contributed by atoms with van der Waals surface area (Å²) < 4.78 is 0. The zero-order valence-corrected chi connectivity index (χ0v) is 12.9. The lowest BCUT2D eigenvalue weighted by atomic mass is 9.96. The first-order valence-corrected chi connectivity index (χ1v) is 8.28. The fourth-order valence-corrected chi connectivity index (χ4v) is 3.28. The van der Waals surface area contributed by atoms with Crippen molar-refractivity contribution in [2.24, 2.45) is 5.92 Å². The third kappa shape index (κ3) is 3.05. The molecule has 5 nitrogen and oxygen atoms in total. The van der Waals surface area contributed by atoms with E-state index in [0.717, 1.165) is 31.2 Å². The molecule has 0 aromatic carbocycles. The van der Waals surface area contributed by atoms with Gasteiger partial charge in [-0.25, -0.2) is 9.59 Å². The number of aliphatic carboxylic acids is 1. The molecule has 21 heavy (non-hydrogen) atoms. The van der Waals surface area contributed by atoms with Crippen LogP contribution in [0.4, 0.5) is 4.79 Å². The van der Waals surface area contributed by atoms with Crippen LogP contribution < -0.4 is 5.32 Å². The van der Waals surface area contributed by atoms with Gasteiger partial charge in [-0.1, -0.05) is 0 Å². The number of hydrogen-bond acceptors (Lipinski definition) is 3. The second-order valence-corrected chi connectivity index (χ2v) is 6.98. The van der Waals surface area contributed by atoms with Gasteiger partial charge < -0.3 is 15.3 Å². The molecule has 6 heteroatoms. The average molecular weight is 308 g/mol. The lowest BCUT2D eigenvalue weighted by Crippen LogP contribution is -2.57. The number of thiophene rings is 1. The second kappa shape index (κ2) is 5.33. The average Bonchev–Trinajstić information content (AvgIpc) is 3.34. The summed E-state index contributed by atoms with van der Waals surface area (Å²) >= 11 is 1.61. The van der Waals surface area contributed by atoms with Gasteiger partial charge in [-0.05, 0) is 60.9 Å². The summed E-state index contributed by atoms with van der Waals surface area (Å²) in [4.78, 5) is 25.9. The SMILES string of the molecule is CC(NC(=O)N(Cc1ccsc1)C1CC1)(C(=O)O)C1CC1. The molecule has 2 amide bonds. The standard InChI is InChI=1S/C15H20N2O3S/c1-15(13(18)19,11-2-3-11)16-14(20)17(12-4-5-12)8-10-6-7-21-9-10/h6-7,9,11-12H,2-5,8H2,1H3,(H,16,20)(H,18,19). The Morgan fingerprint density at radius 3 is 2.62 bits per heavy atom. The van der Waals surface area contributed by atoms with Gasteiger partial charge in [0.1, 0.15) is 5.54 Å². The van der Waals surface area contributed by atoms with Gasteiger partial charge in [0.05, 0.1) is 0 Å². The molecule has 2 aliphatic rings. The van der Waals surface area contributed by atoms with Crippen molar-refractivity contribution < 1.29 is 14.7 Å². The van der Waals surface area contributed by atoms with Crippen molar-refractivity contribution in [1.82, 2.24) is 10.2 Å². The zero-order chi connectivity index (χ0) is 15.0. The molecule has 0 spiro atoms. The first-order chi connectivity index (χ1) is 10.0. The van der Waals surface area contributed by atoms with Crippen LogP contribution >= 0.6 is 11.3 Å². The van der Waals surface area contributed by atoms with Crippen molar-refractivity contribution in [3.05, 3.63) is 22.4 Å². The van der Waals surface area contributed by atoms with Crippen LogP contribution in [0, 0.1) is 5.92 Å². The number of carbonyl (C=O) groups excluding carboxylic acids is 1. The van der Waals surface area contributed by atoms with Crippen LogP contribution in [0.5, 0.6) is 0 Å². The minimum Gasteiger partial charge on any atom is -0.480 e. The topological polar surface area (TPSA) is 69.6 Å². The second-order valence-electron chi connectivity index (χ2n) is 6.20. The molecule has 0 aliphatic heterocycles. The normalized spacial score (nSPS) is 20.6. The fraction of sp³-hybridized carbons (Fsp3) is 0.600. The smallest absolute Gasteiger partial charge is 0.329 e. The highest BCUT2D eigenvalue weighted by atomic mass is 32.1. The Morgan fingerprint density at radius 2 is 2.14 bits per heavy atom. The number of hydrogen-bond donors (Lipinski definition) is 2. The number of amides is 2. The molecule has 0 bridgehead atoms. The van der Waals surface area contributed by atoms with Crippen LogP contribution in [0.3, 0.4) is 0 Å². The molecule has 2 aliphatic carbocycles. The summed E-state index contributed by atoms with van der Waals surface area (Å²) in [5.41, 5.74) is -0.0377. The molecule has 2 N–H and O–H groups in total. The number of carboxylic acid groups (broad SMARTS) is 1. The Kier molecular flexibility index (Phi) is 3.65. The summed E-state index contributed by atoms with van der Waals surface area (Å²) in [6, 6.07) is 2.01. The molecule has 2 saturated carbocycles. The Balaban J connectivity index is 1.70. The van der Waals surface area contributed by atoms with Gasteiger partial charge in [-0.2, -0.15) is 11.3 Å². The van der Waals surface area contributed by atoms with E-state index in [4.69, 9.17) is 0 Å². The number of carbonyl (C=O) groups is 2. The first-order valence-electron chi connectivity index (χ1n) is 7.34. The van der Waals surface area contributed by atoms with Gasteiger partial charge in [-0.15, -0.1) is 0 Å². The van der Waals surface area contributed by atoms with E-state index in [0.29, 0.717) is 6.54 Å². The molecule has 1 aromatic rings. The highest BCUT2D eigenvalue weighted by molar-refractivity contribution is 7.07. The molecular formula is C15H20N2O3S. The third-order valence-electron chi connectivity index (χ3n) is 4.39. The monoisotopic (exact) mass is 308 g/mol. The summed E-state index contributed by atoms with van der Waals surface area (Å²) in [6.45, 7) is 2.18. The third-order valence-corrected chi connectivity index (χ3v) is 5.12. The minimum absolute atomic E-state index is 0.0566. The number of rotatable bonds is 6. The lowest BCUT2D eigenvalue weighted by molar-refractivity contribution is -0.144. The number of nitrogens with zero attached hydrogens (tertiary/aromatic N) is 1. The largest absolute Gasteiger partial charge is 0.480 e. The molecule has 1 aromatic heterocycles. The van der Waals surface area contributed by atoms with Gasteiger partial charge in [-0.3, -0.25) is 0 Å². The van der Waals surface area contributed by atoms with Crippen LogP contribution in [0.15, 0.2) is 16.8 Å². The molecule has 114 valence electrons. The highest BCUT2D eigenvalue weighted by Crippen LogP contribution is 2.40. The zero-order valence-electron chi connectivity index (χ0n) is 12.0. The Morgan fingerprint density at radius 1 is 1.43 bits per heavy atom. The van der Waals surface area contributed by atoms with E-state index >= 15 is 0 Å². The molecule has 1 unspecified atom stereocenters. The summed E-state index contributed by atoms with van der Waals surface area (Å²) in [5.74, 6) is -0.884. The van der Waals surface area contributed by atoms with Crippen LogP contribution in [0.1, 0.15) is 38.2 Å². The van der Waals surface area contributed by atoms with E-state index in [1.807, 2.05) is 16.8 Å². The van der Waals surface area contributed by atoms with E-state index in [9.17, 15) is 14.7 Å². The number of carboxylic acids is 1. The molecule has 0 radical (unpaired) electrons. The highest BCUT2D eigenvalue weighted by Gasteiger charge is 2.49.